The minimum atomic E-state index is -3.81. The number of aliphatic hydroxyl groups is 3. The zero-order valence-electron chi connectivity index (χ0n) is 19.9. The van der Waals surface area contributed by atoms with E-state index in [9.17, 15) is 49.8 Å². The Morgan fingerprint density at radius 2 is 1.81 bits per heavy atom. The molecule has 0 aromatic carbocycles. The third kappa shape index (κ3) is 4.53. The average molecular weight is 545 g/mol. The van der Waals surface area contributed by atoms with Crippen LogP contribution in [0.5, 0.6) is 0 Å². The third-order valence-electron chi connectivity index (χ3n) is 6.78. The summed E-state index contributed by atoms with van der Waals surface area (Å²) in [6.07, 6.45) is -8.67. The first-order chi connectivity index (χ1) is 17.1. The van der Waals surface area contributed by atoms with E-state index in [1.807, 2.05) is 16.8 Å². The Bertz CT molecular complexity index is 1090. The molecule has 0 saturated carbocycles. The number of aliphatic hydroxyl groups excluding tert-OH is 2. The summed E-state index contributed by atoms with van der Waals surface area (Å²) in [6, 6.07) is 1.90. The van der Waals surface area contributed by atoms with Crippen molar-refractivity contribution >= 4 is 35.2 Å². The lowest BCUT2D eigenvalue weighted by atomic mass is 9.74. The Morgan fingerprint density at radius 1 is 1.16 bits per heavy atom. The van der Waals surface area contributed by atoms with Crippen molar-refractivity contribution in [1.82, 2.24) is 0 Å². The summed E-state index contributed by atoms with van der Waals surface area (Å²) >= 11 is 1.49. The molecule has 0 radical (unpaired) electrons. The Labute approximate surface area is 214 Å². The van der Waals surface area contributed by atoms with Crippen LogP contribution in [-0.2, 0) is 39.8 Å². The van der Waals surface area contributed by atoms with Gasteiger partial charge in [0, 0.05) is 19.3 Å². The van der Waals surface area contributed by atoms with E-state index in [2.05, 4.69) is 6.58 Å². The molecule has 13 nitrogen and oxygen atoms in total. The van der Waals surface area contributed by atoms with Crippen molar-refractivity contribution in [2.75, 3.05) is 0 Å². The van der Waals surface area contributed by atoms with Gasteiger partial charge >= 0.3 is 23.9 Å². The third-order valence-corrected chi connectivity index (χ3v) is 7.51. The summed E-state index contributed by atoms with van der Waals surface area (Å²) in [6.45, 7) is 6.93. The molecule has 1 aromatic rings. The molecular formula is C23H28O13S. The molecule has 3 rings (SSSR count). The van der Waals surface area contributed by atoms with Gasteiger partial charge in [0.1, 0.15) is 18.3 Å². The molecule has 2 bridgehead atoms. The Kier molecular flexibility index (Phi) is 7.84. The number of thiophene rings is 1. The highest BCUT2D eigenvalue weighted by Gasteiger charge is 2.84. The van der Waals surface area contributed by atoms with E-state index in [1.54, 1.807) is 6.92 Å². The van der Waals surface area contributed by atoms with Gasteiger partial charge in [-0.25, -0.2) is 14.4 Å². The number of hydrogen-bond donors (Lipinski definition) is 6. The predicted octanol–water partition coefficient (Wildman–Crippen LogP) is -0.234. The fourth-order valence-corrected chi connectivity index (χ4v) is 5.65. The average Bonchev–Trinajstić information content (AvgIpc) is 3.39. The van der Waals surface area contributed by atoms with Crippen LogP contribution in [0, 0.1) is 5.92 Å². The normalized spacial score (nSPS) is 34.4. The number of rotatable bonds is 11. The van der Waals surface area contributed by atoms with Crippen LogP contribution < -0.4 is 0 Å². The van der Waals surface area contributed by atoms with E-state index in [4.69, 9.17) is 14.2 Å². The number of carbonyl (C=O) groups is 4. The zero-order chi connectivity index (χ0) is 27.9. The Hall–Kier alpha value is -2.88. The molecule has 6 N–H and O–H groups in total. The Balaban J connectivity index is 1.93. The molecule has 2 aliphatic heterocycles. The second kappa shape index (κ2) is 10.1. The summed E-state index contributed by atoms with van der Waals surface area (Å²) in [5.74, 6) is -10.1. The molecule has 0 spiro atoms. The molecular weight excluding hydrogens is 516 g/mol. The number of carboxylic acids is 3. The summed E-state index contributed by atoms with van der Waals surface area (Å²) in [7, 11) is 0. The summed E-state index contributed by atoms with van der Waals surface area (Å²) in [5.41, 5.74) is -6.03. The van der Waals surface area contributed by atoms with Crippen molar-refractivity contribution in [3.8, 4) is 0 Å². The second-order valence-corrected chi connectivity index (χ2v) is 10.0. The van der Waals surface area contributed by atoms with Crippen LogP contribution in [0.3, 0.4) is 0 Å². The van der Waals surface area contributed by atoms with Crippen molar-refractivity contribution < 1.29 is 64.0 Å². The summed E-state index contributed by atoms with van der Waals surface area (Å²) in [5, 5.41) is 65.0. The highest BCUT2D eigenvalue weighted by Crippen LogP contribution is 2.54. The molecule has 0 amide bonds. The second-order valence-electron chi connectivity index (χ2n) is 9.25. The number of aliphatic carboxylic acids is 3. The molecule has 204 valence electrons. The van der Waals surface area contributed by atoms with E-state index in [0.717, 1.165) is 5.56 Å². The molecule has 37 heavy (non-hydrogen) atoms. The van der Waals surface area contributed by atoms with E-state index in [1.165, 1.54) is 18.3 Å². The standard InChI is InChI=1S/C23H28O13S/c1-10(14(34-12(3)24)11(2)8-13-5-7-37-9-13)4-6-21-15(25)16(26)23(36-21,20(31)32)22(33,19(29)30)17(35-21)18(27)28/h5,7,9,11,14-17,25-26,33H,1,4,6,8H2,2-3H3,(H,27,28)(H,29,30)(H,31,32). The van der Waals surface area contributed by atoms with Crippen LogP contribution in [0.2, 0.25) is 0 Å². The smallest absolute Gasteiger partial charge is 0.343 e. The van der Waals surface area contributed by atoms with Crippen LogP contribution in [0.1, 0.15) is 32.3 Å². The maximum absolute atomic E-state index is 12.2. The fourth-order valence-electron chi connectivity index (χ4n) is 4.97. The molecule has 2 fully saturated rings. The lowest BCUT2D eigenvalue weighted by Crippen LogP contribution is -2.77. The molecule has 1 aromatic heterocycles. The van der Waals surface area contributed by atoms with Gasteiger partial charge in [0.2, 0.25) is 17.3 Å². The maximum Gasteiger partial charge on any atom is 0.343 e. The minimum absolute atomic E-state index is 0.191. The van der Waals surface area contributed by atoms with E-state index >= 15 is 0 Å². The van der Waals surface area contributed by atoms with E-state index in [-0.39, 0.29) is 17.9 Å². The summed E-state index contributed by atoms with van der Waals surface area (Å²) in [4.78, 5) is 47.8. The molecule has 2 saturated heterocycles. The zero-order valence-corrected chi connectivity index (χ0v) is 20.7. The molecule has 8 atom stereocenters. The van der Waals surface area contributed by atoms with Gasteiger partial charge in [-0.3, -0.25) is 4.79 Å². The Morgan fingerprint density at radius 3 is 2.30 bits per heavy atom. The number of fused-ring (bicyclic) bond motifs is 2. The quantitative estimate of drug-likeness (QED) is 0.157. The highest BCUT2D eigenvalue weighted by molar-refractivity contribution is 7.07. The van der Waals surface area contributed by atoms with Crippen LogP contribution in [0.25, 0.3) is 0 Å². The minimum Gasteiger partial charge on any atom is -0.479 e. The van der Waals surface area contributed by atoms with Crippen molar-refractivity contribution in [2.45, 2.75) is 74.5 Å². The van der Waals surface area contributed by atoms with Crippen molar-refractivity contribution in [1.29, 1.82) is 0 Å². The van der Waals surface area contributed by atoms with Crippen LogP contribution >= 0.6 is 11.3 Å². The van der Waals surface area contributed by atoms with Crippen LogP contribution in [0.4, 0.5) is 0 Å². The highest BCUT2D eigenvalue weighted by atomic mass is 32.1. The predicted molar refractivity (Wildman–Crippen MR) is 122 cm³/mol. The lowest BCUT2D eigenvalue weighted by molar-refractivity contribution is -0.374. The van der Waals surface area contributed by atoms with Gasteiger partial charge in [-0.2, -0.15) is 11.3 Å². The van der Waals surface area contributed by atoms with Crippen molar-refractivity contribution in [3.05, 3.63) is 34.5 Å². The first-order valence-corrected chi connectivity index (χ1v) is 12.1. The SMILES string of the molecule is C=C(CCC12OC(C(=O)O)C(O)(C(=O)O)C(C(=O)O)(O1)C(O)C2O)C(OC(C)=O)C(C)Cc1ccsc1. The fraction of sp³-hybridized carbons (Fsp3) is 0.565. The number of esters is 1. The molecule has 8 unspecified atom stereocenters. The molecule has 14 heteroatoms. The van der Waals surface area contributed by atoms with E-state index in [0.29, 0.717) is 6.42 Å². The summed E-state index contributed by atoms with van der Waals surface area (Å²) < 4.78 is 16.0. The first-order valence-electron chi connectivity index (χ1n) is 11.2. The number of ether oxygens (including phenoxy) is 3. The number of carboxylic acid groups (broad SMARTS) is 3. The number of carbonyl (C=O) groups excluding carboxylic acids is 1. The molecule has 3 heterocycles. The molecule has 2 aliphatic rings. The van der Waals surface area contributed by atoms with Crippen molar-refractivity contribution in [2.24, 2.45) is 5.92 Å². The van der Waals surface area contributed by atoms with Gasteiger partial charge in [-0.05, 0) is 40.8 Å². The molecule has 0 aliphatic carbocycles. The largest absolute Gasteiger partial charge is 0.479 e. The topological polar surface area (TPSA) is 217 Å². The van der Waals surface area contributed by atoms with Gasteiger partial charge in [0.05, 0.1) is 0 Å². The van der Waals surface area contributed by atoms with Gasteiger partial charge in [-0.15, -0.1) is 0 Å². The van der Waals surface area contributed by atoms with Gasteiger partial charge in [0.15, 0.2) is 5.79 Å². The maximum atomic E-state index is 12.2. The van der Waals surface area contributed by atoms with Crippen LogP contribution in [-0.4, -0.2) is 95.9 Å². The van der Waals surface area contributed by atoms with Gasteiger partial charge in [-0.1, -0.05) is 13.5 Å². The lowest BCUT2D eigenvalue weighted by Gasteiger charge is -2.48. The van der Waals surface area contributed by atoms with Crippen molar-refractivity contribution in [3.63, 3.8) is 0 Å². The van der Waals surface area contributed by atoms with E-state index < -0.39 is 71.7 Å². The first kappa shape index (κ1) is 28.7. The van der Waals surface area contributed by atoms with Crippen LogP contribution in [0.15, 0.2) is 29.0 Å². The van der Waals surface area contributed by atoms with Gasteiger partial charge in [0.25, 0.3) is 0 Å². The van der Waals surface area contributed by atoms with Gasteiger partial charge < -0.3 is 44.8 Å². The number of hydrogen-bond acceptors (Lipinski definition) is 11. The monoisotopic (exact) mass is 544 g/mol.